The Kier molecular flexibility index (Phi) is 6.40. The quantitative estimate of drug-likeness (QED) is 0.463. The summed E-state index contributed by atoms with van der Waals surface area (Å²) in [6, 6.07) is 0. The number of hydrogen-bond donors (Lipinski definition) is 1. The van der Waals surface area contributed by atoms with Crippen molar-refractivity contribution in [2.45, 2.75) is 0 Å². The Balaban J connectivity index is 0. The molecule has 0 amide bonds. The zero-order chi connectivity index (χ0) is 5.91. The van der Waals surface area contributed by atoms with E-state index in [1.54, 1.807) is 0 Å². The summed E-state index contributed by atoms with van der Waals surface area (Å²) < 4.78 is 28.8. The molecule has 0 radical (unpaired) electrons. The summed E-state index contributed by atoms with van der Waals surface area (Å²) in [6.45, 7) is -0.0914. The van der Waals surface area contributed by atoms with Crippen LogP contribution in [0.25, 0.3) is 0 Å². The Hall–Kier alpha value is 0.610. The SMILES string of the molecule is NCCS(=O)(=O)[O-].[Ag+]. The molecule has 0 bridgehead atoms. The molecule has 0 aromatic carbocycles. The molecule has 6 heteroatoms. The molecule has 0 atom stereocenters. The number of rotatable bonds is 2. The molecular weight excluding hydrogens is 226 g/mol. The van der Waals surface area contributed by atoms with Gasteiger partial charge in [0.1, 0.15) is 0 Å². The molecule has 0 aromatic rings. The van der Waals surface area contributed by atoms with Crippen molar-refractivity contribution >= 4 is 10.1 Å². The molecule has 0 aromatic heterocycles. The Morgan fingerprint density at radius 3 is 1.88 bits per heavy atom. The summed E-state index contributed by atoms with van der Waals surface area (Å²) in [6.07, 6.45) is 0. The molecule has 0 fully saturated rings. The van der Waals surface area contributed by atoms with Crippen LogP contribution in [0.15, 0.2) is 0 Å². The molecule has 0 saturated heterocycles. The first-order valence-corrected chi connectivity index (χ1v) is 3.27. The van der Waals surface area contributed by atoms with Crippen molar-refractivity contribution in [2.75, 3.05) is 12.3 Å². The van der Waals surface area contributed by atoms with Gasteiger partial charge in [0.25, 0.3) is 0 Å². The van der Waals surface area contributed by atoms with Crippen LogP contribution in [-0.2, 0) is 32.5 Å². The van der Waals surface area contributed by atoms with Crippen molar-refractivity contribution in [3.05, 3.63) is 0 Å². The van der Waals surface area contributed by atoms with E-state index in [1.165, 1.54) is 0 Å². The molecule has 0 unspecified atom stereocenters. The van der Waals surface area contributed by atoms with Crippen LogP contribution < -0.4 is 5.73 Å². The predicted octanol–water partition coefficient (Wildman–Crippen LogP) is -1.51. The van der Waals surface area contributed by atoms with E-state index in [-0.39, 0.29) is 28.9 Å². The standard InChI is InChI=1S/C2H7NO3S.Ag/c3-1-2-7(4,5)6;/h1-3H2,(H,4,5,6);/q;+1/p-1. The van der Waals surface area contributed by atoms with Gasteiger partial charge in [0.2, 0.25) is 0 Å². The van der Waals surface area contributed by atoms with E-state index < -0.39 is 15.9 Å². The Bertz CT molecular complexity index is 130. The maximum absolute atomic E-state index is 9.60. The first kappa shape index (κ1) is 11.4. The Labute approximate surface area is 63.7 Å². The van der Waals surface area contributed by atoms with Crippen LogP contribution >= 0.6 is 0 Å². The second-order valence-corrected chi connectivity index (χ2v) is 2.57. The molecule has 2 N–H and O–H groups in total. The third-order valence-corrected chi connectivity index (χ3v) is 1.10. The summed E-state index contributed by atoms with van der Waals surface area (Å²) >= 11 is 0. The second kappa shape index (κ2) is 4.49. The third-order valence-electron chi connectivity index (χ3n) is 0.368. The van der Waals surface area contributed by atoms with Crippen molar-refractivity contribution in [1.29, 1.82) is 0 Å². The van der Waals surface area contributed by atoms with E-state index in [2.05, 4.69) is 0 Å². The predicted molar refractivity (Wildman–Crippen MR) is 23.6 cm³/mol. The fourth-order valence-electron chi connectivity index (χ4n) is 0.144. The van der Waals surface area contributed by atoms with Crippen LogP contribution in [-0.4, -0.2) is 25.3 Å². The van der Waals surface area contributed by atoms with E-state index in [1.807, 2.05) is 0 Å². The van der Waals surface area contributed by atoms with Gasteiger partial charge in [0, 0.05) is 6.54 Å². The topological polar surface area (TPSA) is 83.2 Å². The fraction of sp³-hybridized carbons (Fsp3) is 1.00. The van der Waals surface area contributed by atoms with Crippen molar-refractivity contribution < 1.29 is 35.4 Å². The van der Waals surface area contributed by atoms with Gasteiger partial charge in [-0.15, -0.1) is 0 Å². The van der Waals surface area contributed by atoms with E-state index in [9.17, 15) is 13.0 Å². The van der Waals surface area contributed by atoms with E-state index >= 15 is 0 Å². The molecule has 4 nitrogen and oxygen atoms in total. The molecule has 0 aliphatic rings. The van der Waals surface area contributed by atoms with E-state index in [0.29, 0.717) is 0 Å². The van der Waals surface area contributed by atoms with Crippen molar-refractivity contribution in [1.82, 2.24) is 0 Å². The number of nitrogens with two attached hydrogens (primary N) is 1. The average molecular weight is 232 g/mol. The zero-order valence-corrected chi connectivity index (χ0v) is 6.22. The second-order valence-electron chi connectivity index (χ2n) is 1.05. The minimum Gasteiger partial charge on any atom is -0.748 e. The minimum absolute atomic E-state index is 0. The molecule has 8 heavy (non-hydrogen) atoms. The van der Waals surface area contributed by atoms with Gasteiger partial charge in [0.15, 0.2) is 0 Å². The van der Waals surface area contributed by atoms with Gasteiger partial charge in [-0.25, -0.2) is 8.42 Å². The maximum Gasteiger partial charge on any atom is 1.00 e. The monoisotopic (exact) mass is 231 g/mol. The summed E-state index contributed by atoms with van der Waals surface area (Å²) in [7, 11) is -4.05. The van der Waals surface area contributed by atoms with Crippen LogP contribution in [0.4, 0.5) is 0 Å². The summed E-state index contributed by atoms with van der Waals surface area (Å²) in [5, 5.41) is 0. The van der Waals surface area contributed by atoms with Crippen molar-refractivity contribution in [3.63, 3.8) is 0 Å². The van der Waals surface area contributed by atoms with Gasteiger partial charge >= 0.3 is 22.4 Å². The van der Waals surface area contributed by atoms with Crippen LogP contribution in [0, 0.1) is 0 Å². The Morgan fingerprint density at radius 1 is 1.50 bits per heavy atom. The van der Waals surface area contributed by atoms with Crippen LogP contribution in [0.1, 0.15) is 0 Å². The normalized spacial score (nSPS) is 10.2. The van der Waals surface area contributed by atoms with Gasteiger partial charge in [-0.05, 0) is 0 Å². The average Bonchev–Trinajstić information content (AvgIpc) is 1.30. The van der Waals surface area contributed by atoms with E-state index in [4.69, 9.17) is 5.73 Å². The minimum atomic E-state index is -4.05. The first-order chi connectivity index (χ1) is 3.06. The molecule has 0 aliphatic heterocycles. The first-order valence-electron chi connectivity index (χ1n) is 1.70. The largest absolute Gasteiger partial charge is 1.00 e. The molecule has 0 rings (SSSR count). The molecule has 0 saturated carbocycles. The molecule has 0 spiro atoms. The molecule has 0 heterocycles. The molecule has 0 aliphatic carbocycles. The van der Waals surface area contributed by atoms with Crippen LogP contribution in [0.3, 0.4) is 0 Å². The third kappa shape index (κ3) is 9.79. The fourth-order valence-corrected chi connectivity index (χ4v) is 0.433. The van der Waals surface area contributed by atoms with Gasteiger partial charge in [-0.2, -0.15) is 0 Å². The maximum atomic E-state index is 9.60. The smallest absolute Gasteiger partial charge is 0.748 e. The van der Waals surface area contributed by atoms with Crippen LogP contribution in [0.2, 0.25) is 0 Å². The molecule has 54 valence electrons. The van der Waals surface area contributed by atoms with Gasteiger partial charge in [0.05, 0.1) is 15.9 Å². The number of hydrogen-bond acceptors (Lipinski definition) is 4. The van der Waals surface area contributed by atoms with E-state index in [0.717, 1.165) is 0 Å². The van der Waals surface area contributed by atoms with Gasteiger partial charge in [-0.3, -0.25) is 0 Å². The summed E-state index contributed by atoms with van der Waals surface area (Å²) in [4.78, 5) is 0. The van der Waals surface area contributed by atoms with Crippen molar-refractivity contribution in [2.24, 2.45) is 5.73 Å². The Morgan fingerprint density at radius 2 is 1.88 bits per heavy atom. The van der Waals surface area contributed by atoms with Crippen molar-refractivity contribution in [3.8, 4) is 0 Å². The summed E-state index contributed by atoms with van der Waals surface area (Å²) in [5.74, 6) is -0.465. The van der Waals surface area contributed by atoms with Gasteiger partial charge in [-0.1, -0.05) is 0 Å². The summed E-state index contributed by atoms with van der Waals surface area (Å²) in [5.41, 5.74) is 4.74. The van der Waals surface area contributed by atoms with Gasteiger partial charge < -0.3 is 10.3 Å². The molecular formula is C2H6AgNO3S. The zero-order valence-electron chi connectivity index (χ0n) is 3.93. The van der Waals surface area contributed by atoms with Crippen LogP contribution in [0.5, 0.6) is 0 Å².